The molecule has 1 aliphatic heterocycles. The molecule has 1 saturated carbocycles. The fourth-order valence-electron chi connectivity index (χ4n) is 5.06. The predicted octanol–water partition coefficient (Wildman–Crippen LogP) is 4.51. The fraction of sp³-hybridized carbons (Fsp3) is 0.455. The van der Waals surface area contributed by atoms with Crippen molar-refractivity contribution in [3.05, 3.63) is 71.8 Å². The van der Waals surface area contributed by atoms with Crippen molar-refractivity contribution in [2.75, 3.05) is 6.54 Å². The SMILES string of the molecule is CC(c1ccccc1)N1CCC2C1CCCC2(O)c1ccccc1. The normalized spacial score (nSPS) is 31.6. The Balaban J connectivity index is 1.61. The van der Waals surface area contributed by atoms with Crippen LogP contribution >= 0.6 is 0 Å². The Labute approximate surface area is 145 Å². The highest BCUT2D eigenvalue weighted by atomic mass is 16.3. The number of nitrogens with zero attached hydrogens (tertiary/aromatic N) is 1. The Morgan fingerprint density at radius 1 is 1.00 bits per heavy atom. The second-order valence-corrected chi connectivity index (χ2v) is 7.47. The Kier molecular flexibility index (Phi) is 4.19. The van der Waals surface area contributed by atoms with E-state index < -0.39 is 5.60 Å². The first-order valence-corrected chi connectivity index (χ1v) is 9.29. The van der Waals surface area contributed by atoms with Crippen LogP contribution in [0.15, 0.2) is 60.7 Å². The van der Waals surface area contributed by atoms with Crippen LogP contribution in [0.1, 0.15) is 49.8 Å². The zero-order valence-corrected chi connectivity index (χ0v) is 14.4. The molecule has 2 heteroatoms. The van der Waals surface area contributed by atoms with Crippen LogP contribution in [-0.2, 0) is 5.60 Å². The van der Waals surface area contributed by atoms with Crippen LogP contribution in [0.3, 0.4) is 0 Å². The van der Waals surface area contributed by atoms with Gasteiger partial charge in [-0.2, -0.15) is 0 Å². The maximum Gasteiger partial charge on any atom is 0.0939 e. The molecule has 4 rings (SSSR count). The second kappa shape index (κ2) is 6.34. The van der Waals surface area contributed by atoms with Gasteiger partial charge in [0.15, 0.2) is 0 Å². The molecule has 4 unspecified atom stereocenters. The Morgan fingerprint density at radius 3 is 2.38 bits per heavy atom. The third-order valence-corrected chi connectivity index (χ3v) is 6.31. The largest absolute Gasteiger partial charge is 0.385 e. The van der Waals surface area contributed by atoms with Crippen LogP contribution in [0.4, 0.5) is 0 Å². The lowest BCUT2D eigenvalue weighted by molar-refractivity contribution is -0.0716. The molecule has 0 radical (unpaired) electrons. The Bertz CT molecular complexity index is 671. The van der Waals surface area contributed by atoms with E-state index in [2.05, 4.69) is 66.4 Å². The molecule has 1 aliphatic carbocycles. The molecule has 0 spiro atoms. The van der Waals surface area contributed by atoms with Crippen molar-refractivity contribution in [2.24, 2.45) is 5.92 Å². The maximum atomic E-state index is 11.6. The van der Waals surface area contributed by atoms with Crippen molar-refractivity contribution < 1.29 is 5.11 Å². The topological polar surface area (TPSA) is 23.5 Å². The number of aliphatic hydroxyl groups is 1. The fourth-order valence-corrected chi connectivity index (χ4v) is 5.06. The van der Waals surface area contributed by atoms with Crippen LogP contribution in [0.25, 0.3) is 0 Å². The molecular weight excluding hydrogens is 294 g/mol. The minimum Gasteiger partial charge on any atom is -0.385 e. The van der Waals surface area contributed by atoms with E-state index >= 15 is 0 Å². The molecule has 2 aliphatic rings. The molecule has 126 valence electrons. The lowest BCUT2D eigenvalue weighted by atomic mass is 9.69. The summed E-state index contributed by atoms with van der Waals surface area (Å²) < 4.78 is 0. The van der Waals surface area contributed by atoms with E-state index in [1.807, 2.05) is 6.07 Å². The van der Waals surface area contributed by atoms with Gasteiger partial charge in [-0.3, -0.25) is 4.90 Å². The molecule has 4 atom stereocenters. The van der Waals surface area contributed by atoms with Crippen LogP contribution in [-0.4, -0.2) is 22.6 Å². The molecule has 2 aromatic carbocycles. The first kappa shape index (κ1) is 15.9. The number of rotatable bonds is 3. The van der Waals surface area contributed by atoms with E-state index in [9.17, 15) is 5.11 Å². The molecule has 2 aromatic rings. The number of hydrogen-bond acceptors (Lipinski definition) is 2. The number of likely N-dealkylation sites (tertiary alicyclic amines) is 1. The van der Waals surface area contributed by atoms with Crippen molar-refractivity contribution in [3.8, 4) is 0 Å². The lowest BCUT2D eigenvalue weighted by Gasteiger charge is -2.45. The van der Waals surface area contributed by atoms with E-state index in [0.717, 1.165) is 31.4 Å². The summed E-state index contributed by atoms with van der Waals surface area (Å²) in [7, 11) is 0. The molecule has 24 heavy (non-hydrogen) atoms. The molecule has 1 saturated heterocycles. The molecule has 1 N–H and O–H groups in total. The summed E-state index contributed by atoms with van der Waals surface area (Å²) in [5.74, 6) is 0.347. The molecule has 0 amide bonds. The summed E-state index contributed by atoms with van der Waals surface area (Å²) in [6.07, 6.45) is 4.29. The van der Waals surface area contributed by atoms with E-state index in [1.54, 1.807) is 0 Å². The number of benzene rings is 2. The van der Waals surface area contributed by atoms with Crippen molar-refractivity contribution in [1.82, 2.24) is 4.90 Å². The summed E-state index contributed by atoms with van der Waals surface area (Å²) in [6, 6.07) is 22.0. The monoisotopic (exact) mass is 321 g/mol. The zero-order valence-electron chi connectivity index (χ0n) is 14.4. The minimum atomic E-state index is -0.657. The second-order valence-electron chi connectivity index (χ2n) is 7.47. The maximum absolute atomic E-state index is 11.6. The molecule has 0 aromatic heterocycles. The van der Waals surface area contributed by atoms with Crippen LogP contribution < -0.4 is 0 Å². The summed E-state index contributed by atoms with van der Waals surface area (Å²) in [5.41, 5.74) is 1.83. The third kappa shape index (κ3) is 2.58. The first-order chi connectivity index (χ1) is 11.7. The Morgan fingerprint density at radius 2 is 1.67 bits per heavy atom. The van der Waals surface area contributed by atoms with Gasteiger partial charge in [0, 0.05) is 18.0 Å². The summed E-state index contributed by atoms with van der Waals surface area (Å²) in [6.45, 7) is 3.40. The van der Waals surface area contributed by atoms with Crippen LogP contribution in [0.5, 0.6) is 0 Å². The molecular formula is C22H27NO. The van der Waals surface area contributed by atoms with E-state index in [4.69, 9.17) is 0 Å². The average Bonchev–Trinajstić information content (AvgIpc) is 3.08. The smallest absolute Gasteiger partial charge is 0.0939 e. The van der Waals surface area contributed by atoms with Gasteiger partial charge < -0.3 is 5.11 Å². The highest BCUT2D eigenvalue weighted by Gasteiger charge is 2.51. The standard InChI is InChI=1S/C22H27NO/c1-17(18-9-4-2-5-10-18)23-16-14-20-21(23)13-8-15-22(20,24)19-11-6-3-7-12-19/h2-7,9-12,17,20-21,24H,8,13-16H2,1H3. The first-order valence-electron chi connectivity index (χ1n) is 9.29. The van der Waals surface area contributed by atoms with Crippen molar-refractivity contribution in [3.63, 3.8) is 0 Å². The lowest BCUT2D eigenvalue weighted by Crippen LogP contribution is -2.47. The van der Waals surface area contributed by atoms with Crippen molar-refractivity contribution >= 4 is 0 Å². The van der Waals surface area contributed by atoms with Gasteiger partial charge in [0.25, 0.3) is 0 Å². The third-order valence-electron chi connectivity index (χ3n) is 6.31. The van der Waals surface area contributed by atoms with Crippen LogP contribution in [0, 0.1) is 5.92 Å². The highest BCUT2D eigenvalue weighted by Crippen LogP contribution is 2.49. The van der Waals surface area contributed by atoms with Gasteiger partial charge in [-0.1, -0.05) is 60.7 Å². The van der Waals surface area contributed by atoms with Gasteiger partial charge in [0.2, 0.25) is 0 Å². The molecule has 1 heterocycles. The number of hydrogen-bond donors (Lipinski definition) is 1. The van der Waals surface area contributed by atoms with Crippen LogP contribution in [0.2, 0.25) is 0 Å². The minimum absolute atomic E-state index is 0.347. The summed E-state index contributed by atoms with van der Waals surface area (Å²) >= 11 is 0. The summed E-state index contributed by atoms with van der Waals surface area (Å²) in [4.78, 5) is 2.63. The van der Waals surface area contributed by atoms with Gasteiger partial charge in [0.1, 0.15) is 0 Å². The van der Waals surface area contributed by atoms with E-state index in [-0.39, 0.29) is 0 Å². The predicted molar refractivity (Wildman–Crippen MR) is 97.6 cm³/mol. The zero-order chi connectivity index (χ0) is 16.6. The van der Waals surface area contributed by atoms with Crippen molar-refractivity contribution in [2.45, 2.75) is 50.3 Å². The van der Waals surface area contributed by atoms with Gasteiger partial charge in [-0.05, 0) is 50.3 Å². The highest BCUT2D eigenvalue weighted by molar-refractivity contribution is 5.26. The van der Waals surface area contributed by atoms with Gasteiger partial charge in [-0.25, -0.2) is 0 Å². The van der Waals surface area contributed by atoms with Gasteiger partial charge in [-0.15, -0.1) is 0 Å². The van der Waals surface area contributed by atoms with Crippen molar-refractivity contribution in [1.29, 1.82) is 0 Å². The number of fused-ring (bicyclic) bond motifs is 1. The van der Waals surface area contributed by atoms with Gasteiger partial charge in [0.05, 0.1) is 5.60 Å². The quantitative estimate of drug-likeness (QED) is 0.899. The molecule has 2 fully saturated rings. The molecule has 0 bridgehead atoms. The van der Waals surface area contributed by atoms with E-state index in [1.165, 1.54) is 12.0 Å². The molecule has 2 nitrogen and oxygen atoms in total. The summed E-state index contributed by atoms with van der Waals surface area (Å²) in [5, 5.41) is 11.6. The Hall–Kier alpha value is -1.64. The average molecular weight is 321 g/mol. The van der Waals surface area contributed by atoms with E-state index in [0.29, 0.717) is 18.0 Å². The van der Waals surface area contributed by atoms with Gasteiger partial charge >= 0.3 is 0 Å².